The third-order valence-electron chi connectivity index (χ3n) is 5.68. The first-order valence-corrected chi connectivity index (χ1v) is 12.0. The number of halogens is 1. The van der Waals surface area contributed by atoms with Gasteiger partial charge in [-0.15, -0.1) is 24.0 Å². The first kappa shape index (κ1) is 24.6. The van der Waals surface area contributed by atoms with Gasteiger partial charge in [-0.1, -0.05) is 12.1 Å². The SMILES string of the molecule is CCNC(=NCc1ccc(N2CCSCC2)cc1)NC1CCN(C(C)C)CC1.I. The quantitative estimate of drug-likeness (QED) is 0.332. The van der Waals surface area contributed by atoms with Crippen molar-refractivity contribution in [1.82, 2.24) is 15.5 Å². The molecule has 0 amide bonds. The maximum absolute atomic E-state index is 4.84. The smallest absolute Gasteiger partial charge is 0.191 e. The number of likely N-dealkylation sites (tertiary alicyclic amines) is 1. The molecule has 5 nitrogen and oxygen atoms in total. The average Bonchev–Trinajstić information content (AvgIpc) is 2.73. The molecule has 2 N–H and O–H groups in total. The fourth-order valence-electron chi connectivity index (χ4n) is 3.88. The molecule has 0 bridgehead atoms. The molecule has 0 saturated carbocycles. The maximum atomic E-state index is 4.84. The number of anilines is 1. The highest BCUT2D eigenvalue weighted by Gasteiger charge is 2.21. The lowest BCUT2D eigenvalue weighted by Gasteiger charge is -2.35. The lowest BCUT2D eigenvalue weighted by molar-refractivity contribution is 0.167. The molecule has 2 saturated heterocycles. The monoisotopic (exact) mass is 531 g/mol. The number of rotatable bonds is 6. The van der Waals surface area contributed by atoms with E-state index in [4.69, 9.17) is 4.99 Å². The van der Waals surface area contributed by atoms with E-state index in [0.29, 0.717) is 12.1 Å². The van der Waals surface area contributed by atoms with Gasteiger partial charge >= 0.3 is 0 Å². The third kappa shape index (κ3) is 7.83. The number of hydrogen-bond donors (Lipinski definition) is 2. The Kier molecular flexibility index (Phi) is 10.9. The number of guanidine groups is 1. The van der Waals surface area contributed by atoms with E-state index in [1.54, 1.807) is 0 Å². The average molecular weight is 532 g/mol. The molecule has 164 valence electrons. The molecule has 2 heterocycles. The molecule has 3 rings (SSSR count). The van der Waals surface area contributed by atoms with Gasteiger partial charge < -0.3 is 20.4 Å². The maximum Gasteiger partial charge on any atom is 0.191 e. The minimum atomic E-state index is 0. The van der Waals surface area contributed by atoms with Crippen molar-refractivity contribution in [2.75, 3.05) is 49.1 Å². The van der Waals surface area contributed by atoms with E-state index in [-0.39, 0.29) is 24.0 Å². The fourth-order valence-corrected chi connectivity index (χ4v) is 4.78. The summed E-state index contributed by atoms with van der Waals surface area (Å²) in [7, 11) is 0. The minimum absolute atomic E-state index is 0. The Morgan fingerprint density at radius 1 is 1.10 bits per heavy atom. The molecule has 0 unspecified atom stereocenters. The first-order valence-electron chi connectivity index (χ1n) is 10.9. The van der Waals surface area contributed by atoms with Crippen LogP contribution in [0.1, 0.15) is 39.2 Å². The van der Waals surface area contributed by atoms with Gasteiger partial charge in [0.25, 0.3) is 0 Å². The summed E-state index contributed by atoms with van der Waals surface area (Å²) in [5, 5.41) is 7.06. The van der Waals surface area contributed by atoms with E-state index in [9.17, 15) is 0 Å². The van der Waals surface area contributed by atoms with E-state index in [1.165, 1.54) is 48.7 Å². The second kappa shape index (κ2) is 12.9. The summed E-state index contributed by atoms with van der Waals surface area (Å²) >= 11 is 2.05. The van der Waals surface area contributed by atoms with Crippen LogP contribution in [0.2, 0.25) is 0 Å². The molecule has 2 aliphatic heterocycles. The number of nitrogens with zero attached hydrogens (tertiary/aromatic N) is 3. The van der Waals surface area contributed by atoms with Crippen molar-refractivity contribution in [2.24, 2.45) is 4.99 Å². The Bertz CT molecular complexity index is 608. The van der Waals surface area contributed by atoms with Crippen LogP contribution in [-0.2, 0) is 6.54 Å². The second-order valence-corrected chi connectivity index (χ2v) is 9.23. The van der Waals surface area contributed by atoms with Crippen molar-refractivity contribution in [3.05, 3.63) is 29.8 Å². The molecule has 2 fully saturated rings. The number of piperidine rings is 1. The van der Waals surface area contributed by atoms with Gasteiger partial charge in [-0.25, -0.2) is 4.99 Å². The second-order valence-electron chi connectivity index (χ2n) is 8.01. The van der Waals surface area contributed by atoms with Crippen LogP contribution in [0.3, 0.4) is 0 Å². The number of nitrogens with one attached hydrogen (secondary N) is 2. The molecule has 0 aliphatic carbocycles. The highest BCUT2D eigenvalue weighted by atomic mass is 127. The lowest BCUT2D eigenvalue weighted by atomic mass is 10.0. The predicted molar refractivity (Wildman–Crippen MR) is 139 cm³/mol. The van der Waals surface area contributed by atoms with E-state index in [1.807, 2.05) is 0 Å². The van der Waals surface area contributed by atoms with E-state index >= 15 is 0 Å². The van der Waals surface area contributed by atoms with Gasteiger partial charge in [-0.3, -0.25) is 0 Å². The largest absolute Gasteiger partial charge is 0.370 e. The normalized spacial score (nSPS) is 19.2. The predicted octanol–water partition coefficient (Wildman–Crippen LogP) is 3.79. The minimum Gasteiger partial charge on any atom is -0.370 e. The zero-order chi connectivity index (χ0) is 19.8. The van der Waals surface area contributed by atoms with Gasteiger partial charge in [0, 0.05) is 62.0 Å². The zero-order valence-corrected chi connectivity index (χ0v) is 21.3. The Balaban J connectivity index is 0.00000300. The fraction of sp³-hybridized carbons (Fsp3) is 0.682. The van der Waals surface area contributed by atoms with E-state index < -0.39 is 0 Å². The van der Waals surface area contributed by atoms with Crippen molar-refractivity contribution < 1.29 is 0 Å². The molecule has 1 aromatic rings. The number of benzene rings is 1. The van der Waals surface area contributed by atoms with Gasteiger partial charge in [0.15, 0.2) is 5.96 Å². The number of thioether (sulfide) groups is 1. The van der Waals surface area contributed by atoms with Gasteiger partial charge in [0.1, 0.15) is 0 Å². The van der Waals surface area contributed by atoms with Crippen molar-refractivity contribution in [1.29, 1.82) is 0 Å². The highest BCUT2D eigenvalue weighted by molar-refractivity contribution is 14.0. The van der Waals surface area contributed by atoms with Crippen LogP contribution in [0.25, 0.3) is 0 Å². The Morgan fingerprint density at radius 3 is 2.34 bits per heavy atom. The molecular weight excluding hydrogens is 493 g/mol. The summed E-state index contributed by atoms with van der Waals surface area (Å²) in [6.07, 6.45) is 2.37. The molecule has 0 radical (unpaired) electrons. The number of hydrogen-bond acceptors (Lipinski definition) is 4. The summed E-state index contributed by atoms with van der Waals surface area (Å²) in [5.41, 5.74) is 2.61. The van der Waals surface area contributed by atoms with Gasteiger partial charge in [-0.2, -0.15) is 11.8 Å². The molecule has 7 heteroatoms. The molecule has 1 aromatic carbocycles. The van der Waals surface area contributed by atoms with E-state index in [0.717, 1.165) is 32.1 Å². The topological polar surface area (TPSA) is 42.9 Å². The van der Waals surface area contributed by atoms with Crippen molar-refractivity contribution in [2.45, 2.75) is 52.2 Å². The lowest BCUT2D eigenvalue weighted by Crippen LogP contribution is -2.49. The summed E-state index contributed by atoms with van der Waals surface area (Å²) < 4.78 is 0. The molecule has 2 aliphatic rings. The Morgan fingerprint density at radius 2 is 1.76 bits per heavy atom. The van der Waals surface area contributed by atoms with Crippen LogP contribution in [0.5, 0.6) is 0 Å². The van der Waals surface area contributed by atoms with Crippen LogP contribution in [0, 0.1) is 0 Å². The number of aliphatic imine (C=N–C) groups is 1. The molecule has 29 heavy (non-hydrogen) atoms. The van der Waals surface area contributed by atoms with Gasteiger partial charge in [0.05, 0.1) is 6.54 Å². The summed E-state index contributed by atoms with van der Waals surface area (Å²) in [5.74, 6) is 3.42. The Hall–Kier alpha value is -0.670. The summed E-state index contributed by atoms with van der Waals surface area (Å²) in [4.78, 5) is 9.88. The van der Waals surface area contributed by atoms with Crippen LogP contribution in [0.15, 0.2) is 29.3 Å². The van der Waals surface area contributed by atoms with Gasteiger partial charge in [0.2, 0.25) is 0 Å². The molecule has 0 aromatic heterocycles. The van der Waals surface area contributed by atoms with Crippen molar-refractivity contribution in [3.8, 4) is 0 Å². The standard InChI is InChI=1S/C22H37N5S.HI/c1-4-23-22(25-20-9-11-26(12-10-20)18(2)3)24-17-19-5-7-21(8-6-19)27-13-15-28-16-14-27;/h5-8,18,20H,4,9-17H2,1-3H3,(H2,23,24,25);1H. The van der Waals surface area contributed by atoms with Crippen molar-refractivity contribution in [3.63, 3.8) is 0 Å². The molecule has 0 atom stereocenters. The van der Waals surface area contributed by atoms with Crippen LogP contribution >= 0.6 is 35.7 Å². The first-order chi connectivity index (χ1) is 13.7. The molecule has 0 spiro atoms. The van der Waals surface area contributed by atoms with Crippen LogP contribution in [-0.4, -0.2) is 67.2 Å². The summed E-state index contributed by atoms with van der Waals surface area (Å²) in [6, 6.07) is 10.1. The third-order valence-corrected chi connectivity index (χ3v) is 6.62. The van der Waals surface area contributed by atoms with Crippen molar-refractivity contribution >= 4 is 47.4 Å². The van der Waals surface area contributed by atoms with Crippen LogP contribution in [0.4, 0.5) is 5.69 Å². The van der Waals surface area contributed by atoms with E-state index in [2.05, 4.69) is 77.2 Å². The summed E-state index contributed by atoms with van der Waals surface area (Å²) in [6.45, 7) is 13.0. The highest BCUT2D eigenvalue weighted by Crippen LogP contribution is 2.20. The van der Waals surface area contributed by atoms with Crippen LogP contribution < -0.4 is 15.5 Å². The Labute approximate surface area is 198 Å². The van der Waals surface area contributed by atoms with Gasteiger partial charge in [-0.05, 0) is 51.3 Å². The zero-order valence-electron chi connectivity index (χ0n) is 18.2. The molecular formula is C22H38IN5S.